The highest BCUT2D eigenvalue weighted by molar-refractivity contribution is 5.79. The third kappa shape index (κ3) is 7.80. The average molecular weight is 414 g/mol. The largest absolute Gasteiger partial charge is 0.381 e. The van der Waals surface area contributed by atoms with Gasteiger partial charge in [0.2, 0.25) is 0 Å². The third-order valence-electron chi connectivity index (χ3n) is 5.38. The highest BCUT2D eigenvalue weighted by atomic mass is 16.5. The fourth-order valence-electron chi connectivity index (χ4n) is 3.53. The lowest BCUT2D eigenvalue weighted by Gasteiger charge is -2.21. The first kappa shape index (κ1) is 22.3. The molecule has 0 saturated carbocycles. The van der Waals surface area contributed by atoms with Crippen LogP contribution in [0.4, 0.5) is 0 Å². The first-order chi connectivity index (χ1) is 14.8. The zero-order valence-electron chi connectivity index (χ0n) is 18.1. The van der Waals surface area contributed by atoms with Crippen molar-refractivity contribution in [3.05, 3.63) is 54.1 Å². The van der Waals surface area contributed by atoms with Gasteiger partial charge in [0.05, 0.1) is 6.54 Å². The predicted molar refractivity (Wildman–Crippen MR) is 120 cm³/mol. The first-order valence-corrected chi connectivity index (χ1v) is 11.0. The van der Waals surface area contributed by atoms with E-state index < -0.39 is 0 Å². The summed E-state index contributed by atoms with van der Waals surface area (Å²) >= 11 is 0. The van der Waals surface area contributed by atoms with Crippen LogP contribution in [0.2, 0.25) is 0 Å². The fourth-order valence-corrected chi connectivity index (χ4v) is 3.53. The molecule has 1 aromatic carbocycles. The molecule has 1 aliphatic rings. The molecular weight excluding hydrogens is 378 g/mol. The minimum absolute atomic E-state index is 0.641. The van der Waals surface area contributed by atoms with Crippen LogP contribution in [0.5, 0.6) is 0 Å². The van der Waals surface area contributed by atoms with Crippen LogP contribution in [-0.4, -0.2) is 55.5 Å². The SMILES string of the molecule is CN=C(NCCCOCC1CCOCC1)NCc1nccn1CCc1ccccc1. The molecule has 2 heterocycles. The second kappa shape index (κ2) is 13.0. The van der Waals surface area contributed by atoms with Crippen LogP contribution in [0.1, 0.15) is 30.7 Å². The molecule has 0 atom stereocenters. The van der Waals surface area contributed by atoms with Crippen molar-refractivity contribution in [2.45, 2.75) is 38.8 Å². The zero-order valence-corrected chi connectivity index (χ0v) is 18.1. The quantitative estimate of drug-likeness (QED) is 0.337. The van der Waals surface area contributed by atoms with Crippen molar-refractivity contribution in [2.75, 3.05) is 40.0 Å². The Morgan fingerprint density at radius 1 is 1.23 bits per heavy atom. The number of hydrogen-bond acceptors (Lipinski definition) is 4. The number of nitrogens with zero attached hydrogens (tertiary/aromatic N) is 3. The molecule has 2 N–H and O–H groups in total. The molecule has 0 radical (unpaired) electrons. The van der Waals surface area contributed by atoms with Crippen molar-refractivity contribution >= 4 is 5.96 Å². The summed E-state index contributed by atoms with van der Waals surface area (Å²) in [6.07, 6.45) is 8.08. The molecule has 1 aromatic heterocycles. The summed E-state index contributed by atoms with van der Waals surface area (Å²) in [5.74, 6) is 2.46. The number of rotatable bonds is 11. The lowest BCUT2D eigenvalue weighted by Crippen LogP contribution is -2.38. The van der Waals surface area contributed by atoms with Crippen molar-refractivity contribution < 1.29 is 9.47 Å². The van der Waals surface area contributed by atoms with Gasteiger partial charge in [0.15, 0.2) is 5.96 Å². The molecule has 3 rings (SSSR count). The van der Waals surface area contributed by atoms with Crippen LogP contribution in [0, 0.1) is 5.92 Å². The number of benzene rings is 1. The number of aryl methyl sites for hydroxylation is 2. The topological polar surface area (TPSA) is 72.7 Å². The van der Waals surface area contributed by atoms with E-state index in [1.54, 1.807) is 7.05 Å². The van der Waals surface area contributed by atoms with Gasteiger partial charge in [-0.15, -0.1) is 0 Å². The van der Waals surface area contributed by atoms with E-state index in [1.807, 2.05) is 18.5 Å². The summed E-state index contributed by atoms with van der Waals surface area (Å²) in [7, 11) is 1.79. The highest BCUT2D eigenvalue weighted by Gasteiger charge is 2.13. The molecule has 7 nitrogen and oxygen atoms in total. The molecular formula is C23H35N5O2. The van der Waals surface area contributed by atoms with E-state index in [0.29, 0.717) is 12.5 Å². The lowest BCUT2D eigenvalue weighted by molar-refractivity contribution is 0.0203. The van der Waals surface area contributed by atoms with E-state index in [0.717, 1.165) is 77.0 Å². The van der Waals surface area contributed by atoms with Crippen LogP contribution in [-0.2, 0) is 29.0 Å². The molecule has 7 heteroatoms. The summed E-state index contributed by atoms with van der Waals surface area (Å²) in [5, 5.41) is 6.70. The summed E-state index contributed by atoms with van der Waals surface area (Å²) in [4.78, 5) is 8.79. The van der Waals surface area contributed by atoms with Gasteiger partial charge in [-0.25, -0.2) is 4.98 Å². The second-order valence-corrected chi connectivity index (χ2v) is 7.61. The van der Waals surface area contributed by atoms with Crippen molar-refractivity contribution in [3.8, 4) is 0 Å². The molecule has 0 bridgehead atoms. The summed E-state index contributed by atoms with van der Waals surface area (Å²) in [6, 6.07) is 10.5. The Hall–Kier alpha value is -2.38. The molecule has 1 saturated heterocycles. The minimum atomic E-state index is 0.641. The van der Waals surface area contributed by atoms with Gasteiger partial charge in [0, 0.05) is 59.0 Å². The number of ether oxygens (including phenoxy) is 2. The number of guanidine groups is 1. The van der Waals surface area contributed by atoms with Gasteiger partial charge in [-0.2, -0.15) is 0 Å². The maximum Gasteiger partial charge on any atom is 0.191 e. The number of imidazole rings is 1. The van der Waals surface area contributed by atoms with Crippen molar-refractivity contribution in [1.29, 1.82) is 0 Å². The van der Waals surface area contributed by atoms with Gasteiger partial charge < -0.3 is 24.7 Å². The van der Waals surface area contributed by atoms with E-state index in [4.69, 9.17) is 9.47 Å². The van der Waals surface area contributed by atoms with Crippen LogP contribution in [0.3, 0.4) is 0 Å². The van der Waals surface area contributed by atoms with Gasteiger partial charge in [0.1, 0.15) is 5.82 Å². The maximum absolute atomic E-state index is 5.82. The monoisotopic (exact) mass is 413 g/mol. The Morgan fingerprint density at radius 3 is 2.87 bits per heavy atom. The molecule has 1 fully saturated rings. The molecule has 0 spiro atoms. The van der Waals surface area contributed by atoms with Gasteiger partial charge in [0.25, 0.3) is 0 Å². The van der Waals surface area contributed by atoms with E-state index in [1.165, 1.54) is 5.56 Å². The summed E-state index contributed by atoms with van der Waals surface area (Å²) < 4.78 is 13.4. The summed E-state index contributed by atoms with van der Waals surface area (Å²) in [5.41, 5.74) is 1.33. The molecule has 30 heavy (non-hydrogen) atoms. The predicted octanol–water partition coefficient (Wildman–Crippen LogP) is 2.62. The third-order valence-corrected chi connectivity index (χ3v) is 5.38. The van der Waals surface area contributed by atoms with E-state index in [-0.39, 0.29) is 0 Å². The number of aliphatic imine (C=N–C) groups is 1. The van der Waals surface area contributed by atoms with Crippen LogP contribution >= 0.6 is 0 Å². The molecule has 164 valence electrons. The molecule has 0 unspecified atom stereocenters. The number of hydrogen-bond donors (Lipinski definition) is 2. The summed E-state index contributed by atoms with van der Waals surface area (Å²) in [6.45, 7) is 5.76. The highest BCUT2D eigenvalue weighted by Crippen LogP contribution is 2.14. The molecule has 0 amide bonds. The van der Waals surface area contributed by atoms with Crippen molar-refractivity contribution in [2.24, 2.45) is 10.9 Å². The molecule has 2 aromatic rings. The van der Waals surface area contributed by atoms with Gasteiger partial charge >= 0.3 is 0 Å². The number of aromatic nitrogens is 2. The minimum Gasteiger partial charge on any atom is -0.381 e. The Morgan fingerprint density at radius 2 is 2.07 bits per heavy atom. The molecule has 1 aliphatic heterocycles. The second-order valence-electron chi connectivity index (χ2n) is 7.61. The Bertz CT molecular complexity index is 741. The lowest BCUT2D eigenvalue weighted by atomic mass is 10.0. The average Bonchev–Trinajstić information content (AvgIpc) is 3.25. The normalized spacial score (nSPS) is 15.3. The van der Waals surface area contributed by atoms with Gasteiger partial charge in [-0.1, -0.05) is 30.3 Å². The van der Waals surface area contributed by atoms with Crippen molar-refractivity contribution in [1.82, 2.24) is 20.2 Å². The van der Waals surface area contributed by atoms with E-state index in [9.17, 15) is 0 Å². The van der Waals surface area contributed by atoms with Crippen LogP contribution in [0.15, 0.2) is 47.7 Å². The Labute approximate surface area is 179 Å². The molecule has 0 aliphatic carbocycles. The fraction of sp³-hybridized carbons (Fsp3) is 0.565. The standard InChI is InChI=1S/C23H35N5O2/c1-24-23(26-11-5-15-30-19-21-9-16-29-17-10-21)27-18-22-25-12-14-28(22)13-8-20-6-3-2-4-7-20/h2-4,6-7,12,14,21H,5,8-11,13,15-19H2,1H3,(H2,24,26,27). The van der Waals surface area contributed by atoms with Gasteiger partial charge in [-0.05, 0) is 37.2 Å². The Kier molecular flexibility index (Phi) is 9.69. The first-order valence-electron chi connectivity index (χ1n) is 11.0. The van der Waals surface area contributed by atoms with Gasteiger partial charge in [-0.3, -0.25) is 4.99 Å². The van der Waals surface area contributed by atoms with Crippen molar-refractivity contribution in [3.63, 3.8) is 0 Å². The zero-order chi connectivity index (χ0) is 20.9. The van der Waals surface area contributed by atoms with Crippen LogP contribution in [0.25, 0.3) is 0 Å². The number of nitrogens with one attached hydrogen (secondary N) is 2. The maximum atomic E-state index is 5.82. The smallest absolute Gasteiger partial charge is 0.191 e. The van der Waals surface area contributed by atoms with E-state index in [2.05, 4.69) is 49.4 Å². The van der Waals surface area contributed by atoms with E-state index >= 15 is 0 Å². The Balaban J connectivity index is 1.30. The van der Waals surface area contributed by atoms with Crippen LogP contribution < -0.4 is 10.6 Å².